The molecule has 0 amide bonds. The highest BCUT2D eigenvalue weighted by Crippen LogP contribution is 2.35. The van der Waals surface area contributed by atoms with Gasteiger partial charge in [-0.2, -0.15) is 0 Å². The minimum atomic E-state index is 0.280. The van der Waals surface area contributed by atoms with Crippen molar-refractivity contribution >= 4 is 0 Å². The van der Waals surface area contributed by atoms with Crippen LogP contribution in [-0.4, -0.2) is 22.6 Å². The molecule has 1 fully saturated rings. The molecule has 4 nitrogen and oxygen atoms in total. The van der Waals surface area contributed by atoms with Gasteiger partial charge in [-0.3, -0.25) is 4.98 Å². The summed E-state index contributed by atoms with van der Waals surface area (Å²) in [6.45, 7) is 10.7. The fourth-order valence-electron chi connectivity index (χ4n) is 3.15. The summed E-state index contributed by atoms with van der Waals surface area (Å²) < 4.78 is 6.17. The van der Waals surface area contributed by atoms with Crippen molar-refractivity contribution in [1.29, 1.82) is 0 Å². The Morgan fingerprint density at radius 3 is 2.71 bits per heavy atom. The first-order chi connectivity index (χ1) is 10.1. The van der Waals surface area contributed by atoms with Crippen molar-refractivity contribution in [2.24, 2.45) is 17.8 Å². The molecule has 3 atom stereocenters. The molecule has 21 heavy (non-hydrogen) atoms. The molecule has 1 saturated carbocycles. The van der Waals surface area contributed by atoms with Gasteiger partial charge in [-0.1, -0.05) is 34.1 Å². The summed E-state index contributed by atoms with van der Waals surface area (Å²) in [6.07, 6.45) is 7.57. The molecule has 1 heterocycles. The number of rotatable bonds is 6. The van der Waals surface area contributed by atoms with Crippen LogP contribution in [0.5, 0.6) is 5.88 Å². The minimum absolute atomic E-state index is 0.280. The zero-order valence-electron chi connectivity index (χ0n) is 13.8. The third-order valence-corrected chi connectivity index (χ3v) is 4.47. The Morgan fingerprint density at radius 2 is 2.10 bits per heavy atom. The molecule has 0 spiro atoms. The van der Waals surface area contributed by atoms with E-state index < -0.39 is 0 Å². The molecule has 3 unspecified atom stereocenters. The fourth-order valence-corrected chi connectivity index (χ4v) is 3.15. The zero-order chi connectivity index (χ0) is 15.2. The quantitative estimate of drug-likeness (QED) is 0.872. The normalized spacial score (nSPS) is 26.0. The summed E-state index contributed by atoms with van der Waals surface area (Å²) in [5, 5.41) is 3.25. The summed E-state index contributed by atoms with van der Waals surface area (Å²) in [6, 6.07) is 0. The summed E-state index contributed by atoms with van der Waals surface area (Å²) in [7, 11) is 0. The van der Waals surface area contributed by atoms with E-state index in [-0.39, 0.29) is 6.10 Å². The van der Waals surface area contributed by atoms with Gasteiger partial charge in [0.05, 0.1) is 18.1 Å². The van der Waals surface area contributed by atoms with E-state index in [2.05, 4.69) is 43.0 Å². The molecule has 0 saturated heterocycles. The van der Waals surface area contributed by atoms with Crippen molar-refractivity contribution in [3.8, 4) is 5.88 Å². The standard InChI is InChI=1S/C17H29N3O/c1-5-18-9-14-10-20-17(11-19-14)21-16-8-13(4)6-7-15(16)12(2)3/h10-13,15-16,18H,5-9H2,1-4H3. The molecule has 1 aromatic rings. The highest BCUT2D eigenvalue weighted by Gasteiger charge is 2.32. The van der Waals surface area contributed by atoms with E-state index in [0.717, 1.165) is 31.1 Å². The first-order valence-corrected chi connectivity index (χ1v) is 8.28. The maximum atomic E-state index is 6.17. The van der Waals surface area contributed by atoms with Crippen molar-refractivity contribution in [2.45, 2.75) is 59.6 Å². The van der Waals surface area contributed by atoms with Crippen LogP contribution in [0.4, 0.5) is 0 Å². The molecular formula is C17H29N3O. The van der Waals surface area contributed by atoms with E-state index in [0.29, 0.717) is 17.7 Å². The predicted octanol–water partition coefficient (Wildman–Crippen LogP) is 3.43. The number of ether oxygens (including phenoxy) is 1. The van der Waals surface area contributed by atoms with Crippen molar-refractivity contribution < 1.29 is 4.74 Å². The third-order valence-electron chi connectivity index (χ3n) is 4.47. The highest BCUT2D eigenvalue weighted by molar-refractivity contribution is 5.08. The molecule has 118 valence electrons. The lowest BCUT2D eigenvalue weighted by atomic mass is 9.75. The smallest absolute Gasteiger partial charge is 0.232 e. The monoisotopic (exact) mass is 291 g/mol. The average Bonchev–Trinajstić information content (AvgIpc) is 2.46. The molecule has 4 heteroatoms. The van der Waals surface area contributed by atoms with Gasteiger partial charge in [-0.15, -0.1) is 0 Å². The van der Waals surface area contributed by atoms with E-state index in [9.17, 15) is 0 Å². The Bertz CT molecular complexity index is 419. The van der Waals surface area contributed by atoms with Crippen molar-refractivity contribution in [1.82, 2.24) is 15.3 Å². The fraction of sp³-hybridized carbons (Fsp3) is 0.765. The first kappa shape index (κ1) is 16.2. The summed E-state index contributed by atoms with van der Waals surface area (Å²) in [5.41, 5.74) is 0.960. The maximum Gasteiger partial charge on any atom is 0.232 e. The lowest BCUT2D eigenvalue weighted by molar-refractivity contribution is 0.0423. The zero-order valence-corrected chi connectivity index (χ0v) is 13.8. The van der Waals surface area contributed by atoms with E-state index in [1.165, 1.54) is 12.8 Å². The summed E-state index contributed by atoms with van der Waals surface area (Å²) in [4.78, 5) is 8.84. The minimum Gasteiger partial charge on any atom is -0.473 e. The second-order valence-electron chi connectivity index (χ2n) is 6.61. The van der Waals surface area contributed by atoms with Crippen LogP contribution in [-0.2, 0) is 6.54 Å². The first-order valence-electron chi connectivity index (χ1n) is 8.28. The van der Waals surface area contributed by atoms with Gasteiger partial charge < -0.3 is 10.1 Å². The second kappa shape index (κ2) is 7.74. The topological polar surface area (TPSA) is 47.0 Å². The molecule has 0 radical (unpaired) electrons. The van der Waals surface area contributed by atoms with Gasteiger partial charge in [0.2, 0.25) is 5.88 Å². The van der Waals surface area contributed by atoms with E-state index in [1.807, 2.05) is 6.20 Å². The maximum absolute atomic E-state index is 6.17. The van der Waals surface area contributed by atoms with Gasteiger partial charge in [0.15, 0.2) is 0 Å². The SMILES string of the molecule is CCNCc1cnc(OC2CC(C)CCC2C(C)C)cn1. The van der Waals surface area contributed by atoms with E-state index in [1.54, 1.807) is 6.20 Å². The predicted molar refractivity (Wildman–Crippen MR) is 85.2 cm³/mol. The summed E-state index contributed by atoms with van der Waals surface area (Å²) >= 11 is 0. The Balaban J connectivity index is 1.98. The van der Waals surface area contributed by atoms with Crippen LogP contribution in [0.25, 0.3) is 0 Å². The van der Waals surface area contributed by atoms with E-state index in [4.69, 9.17) is 4.74 Å². The molecule has 0 bridgehead atoms. The molecule has 0 aromatic carbocycles. The second-order valence-corrected chi connectivity index (χ2v) is 6.61. The van der Waals surface area contributed by atoms with Crippen molar-refractivity contribution in [3.63, 3.8) is 0 Å². The Kier molecular flexibility index (Phi) is 5.97. The molecule has 2 rings (SSSR count). The van der Waals surface area contributed by atoms with Gasteiger partial charge >= 0.3 is 0 Å². The van der Waals surface area contributed by atoms with Crippen LogP contribution in [0.2, 0.25) is 0 Å². The molecule has 1 aliphatic rings. The molecule has 1 aliphatic carbocycles. The van der Waals surface area contributed by atoms with Gasteiger partial charge in [0.25, 0.3) is 0 Å². The van der Waals surface area contributed by atoms with Crippen LogP contribution in [0.15, 0.2) is 12.4 Å². The number of hydrogen-bond acceptors (Lipinski definition) is 4. The molecule has 1 N–H and O–H groups in total. The third kappa shape index (κ3) is 4.67. The Labute approximate surface area is 128 Å². The van der Waals surface area contributed by atoms with Crippen molar-refractivity contribution in [2.75, 3.05) is 6.54 Å². The largest absolute Gasteiger partial charge is 0.473 e. The van der Waals surface area contributed by atoms with Crippen LogP contribution >= 0.6 is 0 Å². The molecule has 1 aromatic heterocycles. The molecular weight excluding hydrogens is 262 g/mol. The van der Waals surface area contributed by atoms with Crippen LogP contribution < -0.4 is 10.1 Å². The van der Waals surface area contributed by atoms with Gasteiger partial charge in [0, 0.05) is 6.54 Å². The lowest BCUT2D eigenvalue weighted by Gasteiger charge is -2.36. The van der Waals surface area contributed by atoms with Crippen LogP contribution in [0.3, 0.4) is 0 Å². The van der Waals surface area contributed by atoms with Crippen LogP contribution in [0.1, 0.15) is 52.7 Å². The summed E-state index contributed by atoms with van der Waals surface area (Å²) in [5.74, 6) is 2.69. The average molecular weight is 291 g/mol. The highest BCUT2D eigenvalue weighted by atomic mass is 16.5. The van der Waals surface area contributed by atoms with Crippen molar-refractivity contribution in [3.05, 3.63) is 18.1 Å². The van der Waals surface area contributed by atoms with Gasteiger partial charge in [-0.05, 0) is 37.1 Å². The lowest BCUT2D eigenvalue weighted by Crippen LogP contribution is -2.36. The number of hydrogen-bond donors (Lipinski definition) is 1. The Hall–Kier alpha value is -1.16. The Morgan fingerprint density at radius 1 is 1.29 bits per heavy atom. The molecule has 0 aliphatic heterocycles. The van der Waals surface area contributed by atoms with Gasteiger partial charge in [0.1, 0.15) is 6.10 Å². The number of nitrogens with one attached hydrogen (secondary N) is 1. The van der Waals surface area contributed by atoms with E-state index >= 15 is 0 Å². The number of aromatic nitrogens is 2. The number of nitrogens with zero attached hydrogens (tertiary/aromatic N) is 2. The van der Waals surface area contributed by atoms with Crippen LogP contribution in [0, 0.1) is 17.8 Å². The van der Waals surface area contributed by atoms with Gasteiger partial charge in [-0.25, -0.2) is 4.98 Å².